The molecule has 0 unspecified atom stereocenters. The molecular weight excluding hydrogens is 294 g/mol. The summed E-state index contributed by atoms with van der Waals surface area (Å²) in [6.45, 7) is 0.126. The average molecular weight is 309 g/mol. The highest BCUT2D eigenvalue weighted by Crippen LogP contribution is 2.28. The Labute approximate surface area is 133 Å². The lowest BCUT2D eigenvalue weighted by atomic mass is 10.1. The van der Waals surface area contributed by atoms with Gasteiger partial charge in [-0.15, -0.1) is 0 Å². The minimum atomic E-state index is -0.210. The number of benzene rings is 1. The maximum atomic E-state index is 12.0. The second-order valence-electron chi connectivity index (χ2n) is 4.74. The lowest BCUT2D eigenvalue weighted by Crippen LogP contribution is -2.19. The van der Waals surface area contributed by atoms with Crippen LogP contribution >= 0.6 is 0 Å². The summed E-state index contributed by atoms with van der Waals surface area (Å²) in [5, 5.41) is 6.73. The minimum Gasteiger partial charge on any atom is -0.496 e. The minimum absolute atomic E-state index is 0.126. The van der Waals surface area contributed by atoms with Crippen LogP contribution in [0.25, 0.3) is 11.3 Å². The van der Waals surface area contributed by atoms with E-state index in [1.54, 1.807) is 31.6 Å². The third-order valence-corrected chi connectivity index (χ3v) is 3.18. The number of nitrogens with one attached hydrogen (secondary N) is 1. The molecule has 0 bridgehead atoms. The number of aromatic nitrogens is 4. The van der Waals surface area contributed by atoms with Gasteiger partial charge in [-0.1, -0.05) is 12.1 Å². The van der Waals surface area contributed by atoms with E-state index in [4.69, 9.17) is 4.74 Å². The lowest BCUT2D eigenvalue weighted by molar-refractivity contribution is -0.116. The zero-order valence-electron chi connectivity index (χ0n) is 12.5. The molecule has 0 aliphatic heterocycles. The molecule has 1 N–H and O–H groups in total. The molecule has 0 spiro atoms. The first-order valence-electron chi connectivity index (χ1n) is 6.99. The van der Waals surface area contributed by atoms with Crippen LogP contribution < -0.4 is 10.1 Å². The average Bonchev–Trinajstić information content (AvgIpc) is 3.07. The van der Waals surface area contributed by atoms with Crippen molar-refractivity contribution in [1.29, 1.82) is 0 Å². The molecule has 0 radical (unpaired) electrons. The van der Waals surface area contributed by atoms with Crippen molar-refractivity contribution in [2.24, 2.45) is 0 Å². The Hall–Kier alpha value is -3.22. The van der Waals surface area contributed by atoms with Crippen LogP contribution in [0.1, 0.15) is 0 Å². The normalized spacial score (nSPS) is 10.3. The molecule has 2 heterocycles. The van der Waals surface area contributed by atoms with Crippen molar-refractivity contribution in [1.82, 2.24) is 19.7 Å². The molecule has 0 aliphatic carbocycles. The van der Waals surface area contributed by atoms with E-state index in [9.17, 15) is 4.79 Å². The Morgan fingerprint density at radius 3 is 2.91 bits per heavy atom. The summed E-state index contributed by atoms with van der Waals surface area (Å²) in [6, 6.07) is 11.0. The van der Waals surface area contributed by atoms with E-state index in [2.05, 4.69) is 20.4 Å². The van der Waals surface area contributed by atoms with Gasteiger partial charge in [-0.25, -0.2) is 9.97 Å². The van der Waals surface area contributed by atoms with Crippen molar-refractivity contribution in [3.63, 3.8) is 0 Å². The fourth-order valence-corrected chi connectivity index (χ4v) is 2.15. The van der Waals surface area contributed by atoms with Gasteiger partial charge in [0, 0.05) is 24.0 Å². The van der Waals surface area contributed by atoms with Crippen molar-refractivity contribution in [3.05, 3.63) is 55.1 Å². The number of amides is 1. The fraction of sp³-hybridized carbons (Fsp3) is 0.125. The first kappa shape index (κ1) is 14.7. The van der Waals surface area contributed by atoms with Crippen molar-refractivity contribution >= 4 is 11.7 Å². The molecule has 0 saturated carbocycles. The Kier molecular flexibility index (Phi) is 4.28. The topological polar surface area (TPSA) is 81.9 Å². The van der Waals surface area contributed by atoms with Gasteiger partial charge in [0.25, 0.3) is 0 Å². The Balaban J connectivity index is 1.78. The first-order chi connectivity index (χ1) is 11.3. The highest BCUT2D eigenvalue weighted by molar-refractivity contribution is 5.90. The van der Waals surface area contributed by atoms with Gasteiger partial charge in [-0.2, -0.15) is 5.10 Å². The van der Waals surface area contributed by atoms with Crippen LogP contribution in [0.3, 0.4) is 0 Å². The van der Waals surface area contributed by atoms with Gasteiger partial charge < -0.3 is 10.1 Å². The maximum Gasteiger partial charge on any atom is 0.247 e. The van der Waals surface area contributed by atoms with Gasteiger partial charge in [0.05, 0.1) is 12.8 Å². The molecule has 0 fully saturated rings. The highest BCUT2D eigenvalue weighted by Gasteiger charge is 2.09. The smallest absolute Gasteiger partial charge is 0.247 e. The molecule has 7 heteroatoms. The molecular formula is C16H15N5O2. The SMILES string of the molecule is COc1ccccc1-c1cc(NC(=O)Cn2cccn2)ncn1. The molecule has 7 nitrogen and oxygen atoms in total. The molecule has 2 aromatic heterocycles. The van der Waals surface area contributed by atoms with Crippen LogP contribution in [0.2, 0.25) is 0 Å². The summed E-state index contributed by atoms with van der Waals surface area (Å²) < 4.78 is 6.87. The van der Waals surface area contributed by atoms with E-state index in [1.807, 2.05) is 24.3 Å². The summed E-state index contributed by atoms with van der Waals surface area (Å²) >= 11 is 0. The zero-order valence-corrected chi connectivity index (χ0v) is 12.5. The molecule has 3 rings (SSSR count). The number of hydrogen-bond donors (Lipinski definition) is 1. The van der Waals surface area contributed by atoms with Crippen LogP contribution in [-0.2, 0) is 11.3 Å². The molecule has 23 heavy (non-hydrogen) atoms. The van der Waals surface area contributed by atoms with Crippen molar-refractivity contribution in [2.45, 2.75) is 6.54 Å². The van der Waals surface area contributed by atoms with E-state index >= 15 is 0 Å². The van der Waals surface area contributed by atoms with Gasteiger partial charge in [0.1, 0.15) is 24.4 Å². The number of anilines is 1. The number of hydrogen-bond acceptors (Lipinski definition) is 5. The van der Waals surface area contributed by atoms with Crippen LogP contribution in [-0.4, -0.2) is 32.8 Å². The number of para-hydroxylation sites is 1. The molecule has 0 saturated heterocycles. The fourth-order valence-electron chi connectivity index (χ4n) is 2.15. The third-order valence-electron chi connectivity index (χ3n) is 3.18. The van der Waals surface area contributed by atoms with E-state index in [0.29, 0.717) is 17.3 Å². The monoisotopic (exact) mass is 309 g/mol. The summed E-state index contributed by atoms with van der Waals surface area (Å²) in [5.41, 5.74) is 1.51. The van der Waals surface area contributed by atoms with Crippen LogP contribution in [0.5, 0.6) is 5.75 Å². The Morgan fingerprint density at radius 1 is 1.26 bits per heavy atom. The van der Waals surface area contributed by atoms with Gasteiger partial charge >= 0.3 is 0 Å². The van der Waals surface area contributed by atoms with E-state index in [1.165, 1.54) is 11.0 Å². The molecule has 1 amide bonds. The predicted molar refractivity (Wildman–Crippen MR) is 84.9 cm³/mol. The van der Waals surface area contributed by atoms with Gasteiger partial charge in [-0.05, 0) is 18.2 Å². The number of methoxy groups -OCH3 is 1. The second kappa shape index (κ2) is 6.69. The van der Waals surface area contributed by atoms with Crippen molar-refractivity contribution in [3.8, 4) is 17.0 Å². The standard InChI is InChI=1S/C16H15N5O2/c1-23-14-6-3-2-5-12(14)13-9-15(18-11-17-13)20-16(22)10-21-8-4-7-19-21/h2-9,11H,10H2,1H3,(H,17,18,20,22). The van der Waals surface area contributed by atoms with Crippen LogP contribution in [0.4, 0.5) is 5.82 Å². The maximum absolute atomic E-state index is 12.0. The highest BCUT2D eigenvalue weighted by atomic mass is 16.5. The zero-order chi connectivity index (χ0) is 16.1. The summed E-state index contributed by atoms with van der Waals surface area (Å²) in [5.74, 6) is 0.927. The van der Waals surface area contributed by atoms with Crippen LogP contribution in [0.15, 0.2) is 55.1 Å². The second-order valence-corrected chi connectivity index (χ2v) is 4.74. The number of carbonyl (C=O) groups excluding carboxylic acids is 1. The molecule has 3 aromatic rings. The number of nitrogens with zero attached hydrogens (tertiary/aromatic N) is 4. The number of carbonyl (C=O) groups is 1. The van der Waals surface area contributed by atoms with Crippen LogP contribution in [0, 0.1) is 0 Å². The molecule has 0 aliphatic rings. The van der Waals surface area contributed by atoms with Gasteiger partial charge in [0.2, 0.25) is 5.91 Å². The molecule has 1 aromatic carbocycles. The van der Waals surface area contributed by atoms with Crippen molar-refractivity contribution < 1.29 is 9.53 Å². The first-order valence-corrected chi connectivity index (χ1v) is 6.99. The Bertz CT molecular complexity index is 802. The van der Waals surface area contributed by atoms with Gasteiger partial charge in [-0.3, -0.25) is 9.48 Å². The third kappa shape index (κ3) is 3.52. The quantitative estimate of drug-likeness (QED) is 0.779. The summed E-state index contributed by atoms with van der Waals surface area (Å²) in [6.07, 6.45) is 4.75. The predicted octanol–water partition coefficient (Wildman–Crippen LogP) is 1.99. The molecule has 0 atom stereocenters. The van der Waals surface area contributed by atoms with E-state index in [-0.39, 0.29) is 12.5 Å². The Morgan fingerprint density at radius 2 is 2.13 bits per heavy atom. The summed E-state index contributed by atoms with van der Waals surface area (Å²) in [7, 11) is 1.60. The van der Waals surface area contributed by atoms with Crippen molar-refractivity contribution in [2.75, 3.05) is 12.4 Å². The summed E-state index contributed by atoms with van der Waals surface area (Å²) in [4.78, 5) is 20.3. The largest absolute Gasteiger partial charge is 0.496 e. The number of ether oxygens (including phenoxy) is 1. The van der Waals surface area contributed by atoms with E-state index < -0.39 is 0 Å². The molecule has 116 valence electrons. The van der Waals surface area contributed by atoms with Gasteiger partial charge in [0.15, 0.2) is 0 Å². The number of rotatable bonds is 5. The lowest BCUT2D eigenvalue weighted by Gasteiger charge is -2.09. The van der Waals surface area contributed by atoms with E-state index in [0.717, 1.165) is 5.56 Å².